The first kappa shape index (κ1) is 17.2. The molecule has 6 heteroatoms. The average molecular weight is 326 g/mol. The van der Waals surface area contributed by atoms with E-state index in [1.54, 1.807) is 18.2 Å². The van der Waals surface area contributed by atoms with Crippen molar-refractivity contribution in [3.8, 4) is 0 Å². The summed E-state index contributed by atoms with van der Waals surface area (Å²) in [6, 6.07) is 11.7. The molecule has 0 bridgehead atoms. The summed E-state index contributed by atoms with van der Waals surface area (Å²) in [5, 5.41) is 13.6. The van der Waals surface area contributed by atoms with E-state index < -0.39 is 18.4 Å². The number of carboxylic acid groups (broad SMARTS) is 1. The van der Waals surface area contributed by atoms with Crippen LogP contribution in [0.1, 0.15) is 31.8 Å². The van der Waals surface area contributed by atoms with E-state index in [1.807, 2.05) is 26.0 Å². The van der Waals surface area contributed by atoms with Gasteiger partial charge in [0.15, 0.2) is 0 Å². The van der Waals surface area contributed by atoms with E-state index >= 15 is 0 Å². The second-order valence-corrected chi connectivity index (χ2v) is 5.41. The van der Waals surface area contributed by atoms with Gasteiger partial charge in [0.2, 0.25) is 0 Å². The number of anilines is 1. The summed E-state index contributed by atoms with van der Waals surface area (Å²) in [7, 11) is 0. The molecule has 0 aromatic heterocycles. The molecule has 6 nitrogen and oxygen atoms in total. The largest absolute Gasteiger partial charge is 0.480 e. The monoisotopic (exact) mass is 326 g/mol. The number of carboxylic acids is 1. The van der Waals surface area contributed by atoms with Crippen molar-refractivity contribution in [1.29, 1.82) is 0 Å². The van der Waals surface area contributed by atoms with Gasteiger partial charge in [-0.05, 0) is 61.4 Å². The first-order valence-electron chi connectivity index (χ1n) is 7.35. The summed E-state index contributed by atoms with van der Waals surface area (Å²) in [6.45, 7) is 3.48. The highest BCUT2D eigenvalue weighted by Gasteiger charge is 2.09. The minimum Gasteiger partial charge on any atom is -0.480 e. The van der Waals surface area contributed by atoms with Crippen molar-refractivity contribution >= 4 is 23.5 Å². The Labute approximate surface area is 139 Å². The molecule has 3 N–H and O–H groups in total. The van der Waals surface area contributed by atoms with Gasteiger partial charge < -0.3 is 15.7 Å². The summed E-state index contributed by atoms with van der Waals surface area (Å²) in [5.74, 6) is -1.83. The Balaban J connectivity index is 2.03. The zero-order valence-electron chi connectivity index (χ0n) is 13.4. The number of aryl methyl sites for hydroxylation is 2. The lowest BCUT2D eigenvalue weighted by atomic mass is 10.1. The summed E-state index contributed by atoms with van der Waals surface area (Å²) in [6.07, 6.45) is 0. The van der Waals surface area contributed by atoms with Crippen molar-refractivity contribution in [2.75, 3.05) is 11.9 Å². The van der Waals surface area contributed by atoms with Crippen LogP contribution in [0.4, 0.5) is 5.69 Å². The van der Waals surface area contributed by atoms with Crippen molar-refractivity contribution in [1.82, 2.24) is 5.32 Å². The van der Waals surface area contributed by atoms with Crippen molar-refractivity contribution in [2.45, 2.75) is 13.8 Å². The van der Waals surface area contributed by atoms with Crippen LogP contribution < -0.4 is 10.6 Å². The van der Waals surface area contributed by atoms with Crippen LogP contribution in [0.2, 0.25) is 0 Å². The Morgan fingerprint density at radius 2 is 1.50 bits per heavy atom. The number of nitrogens with one attached hydrogen (secondary N) is 2. The third-order valence-electron chi connectivity index (χ3n) is 3.57. The SMILES string of the molecule is Cc1ccc(C(=O)Nc2ccc(C(=O)NCC(=O)O)cc2)cc1C. The minimum atomic E-state index is -1.11. The van der Waals surface area contributed by atoms with E-state index in [1.165, 1.54) is 12.1 Å². The maximum atomic E-state index is 12.2. The van der Waals surface area contributed by atoms with E-state index in [4.69, 9.17) is 5.11 Å². The van der Waals surface area contributed by atoms with Gasteiger partial charge >= 0.3 is 5.97 Å². The second-order valence-electron chi connectivity index (χ2n) is 5.41. The normalized spacial score (nSPS) is 10.1. The van der Waals surface area contributed by atoms with Crippen LogP contribution in [-0.4, -0.2) is 29.4 Å². The molecule has 0 radical (unpaired) electrons. The zero-order chi connectivity index (χ0) is 17.7. The fourth-order valence-electron chi connectivity index (χ4n) is 2.05. The van der Waals surface area contributed by atoms with E-state index in [0.29, 0.717) is 16.8 Å². The summed E-state index contributed by atoms with van der Waals surface area (Å²) < 4.78 is 0. The topological polar surface area (TPSA) is 95.5 Å². The van der Waals surface area contributed by atoms with Gasteiger partial charge in [-0.3, -0.25) is 14.4 Å². The highest BCUT2D eigenvalue weighted by Crippen LogP contribution is 2.14. The molecule has 0 heterocycles. The fraction of sp³-hybridized carbons (Fsp3) is 0.167. The number of carbonyl (C=O) groups is 3. The van der Waals surface area contributed by atoms with Gasteiger partial charge in [-0.1, -0.05) is 6.07 Å². The molecule has 0 unspecified atom stereocenters. The lowest BCUT2D eigenvalue weighted by Gasteiger charge is -2.08. The maximum absolute atomic E-state index is 12.2. The molecule has 2 amide bonds. The highest BCUT2D eigenvalue weighted by atomic mass is 16.4. The number of hydrogen-bond donors (Lipinski definition) is 3. The summed E-state index contributed by atoms with van der Waals surface area (Å²) in [5.41, 5.74) is 3.58. The Hall–Kier alpha value is -3.15. The third kappa shape index (κ3) is 4.42. The lowest BCUT2D eigenvalue weighted by molar-refractivity contribution is -0.135. The zero-order valence-corrected chi connectivity index (χ0v) is 13.4. The highest BCUT2D eigenvalue weighted by molar-refractivity contribution is 6.04. The van der Waals surface area contributed by atoms with Gasteiger partial charge in [0, 0.05) is 16.8 Å². The smallest absolute Gasteiger partial charge is 0.322 e. The van der Waals surface area contributed by atoms with Crippen LogP contribution in [0, 0.1) is 13.8 Å². The molecular formula is C18H18N2O4. The number of benzene rings is 2. The molecule has 0 saturated carbocycles. The Morgan fingerprint density at radius 3 is 2.08 bits per heavy atom. The van der Waals surface area contributed by atoms with Crippen molar-refractivity contribution in [2.24, 2.45) is 0 Å². The molecule has 0 aliphatic carbocycles. The molecule has 0 atom stereocenters. The van der Waals surface area contributed by atoms with Crippen LogP contribution in [-0.2, 0) is 4.79 Å². The lowest BCUT2D eigenvalue weighted by Crippen LogP contribution is -2.29. The van der Waals surface area contributed by atoms with E-state index in [0.717, 1.165) is 11.1 Å². The molecule has 0 fully saturated rings. The molecule has 2 aromatic rings. The molecular weight excluding hydrogens is 308 g/mol. The van der Waals surface area contributed by atoms with Gasteiger partial charge in [0.05, 0.1) is 0 Å². The quantitative estimate of drug-likeness (QED) is 0.786. The first-order valence-corrected chi connectivity index (χ1v) is 7.35. The predicted molar refractivity (Wildman–Crippen MR) is 90.3 cm³/mol. The van der Waals surface area contributed by atoms with Gasteiger partial charge in [0.1, 0.15) is 6.54 Å². The molecule has 0 aliphatic heterocycles. The van der Waals surface area contributed by atoms with Crippen molar-refractivity contribution < 1.29 is 19.5 Å². The molecule has 0 spiro atoms. The van der Waals surface area contributed by atoms with Crippen molar-refractivity contribution in [3.05, 3.63) is 64.7 Å². The first-order chi connectivity index (χ1) is 11.4. The standard InChI is InChI=1S/C18H18N2O4/c1-11-3-4-14(9-12(11)2)18(24)20-15-7-5-13(6-8-15)17(23)19-10-16(21)22/h3-9H,10H2,1-2H3,(H,19,23)(H,20,24)(H,21,22). The van der Waals surface area contributed by atoms with E-state index in [9.17, 15) is 14.4 Å². The van der Waals surface area contributed by atoms with E-state index in [-0.39, 0.29) is 5.91 Å². The third-order valence-corrected chi connectivity index (χ3v) is 3.57. The number of carbonyl (C=O) groups excluding carboxylic acids is 2. The number of aliphatic carboxylic acids is 1. The van der Waals surface area contributed by atoms with Crippen LogP contribution in [0.15, 0.2) is 42.5 Å². The predicted octanol–water partition coefficient (Wildman–Crippen LogP) is 2.37. The van der Waals surface area contributed by atoms with Gasteiger partial charge in [0.25, 0.3) is 11.8 Å². The minimum absolute atomic E-state index is 0.235. The molecule has 0 saturated heterocycles. The Bertz CT molecular complexity index is 782. The molecule has 24 heavy (non-hydrogen) atoms. The van der Waals surface area contributed by atoms with Gasteiger partial charge in [-0.2, -0.15) is 0 Å². The molecule has 0 aliphatic rings. The molecule has 124 valence electrons. The molecule has 2 rings (SSSR count). The summed E-state index contributed by atoms with van der Waals surface area (Å²) >= 11 is 0. The Kier molecular flexibility index (Phi) is 5.31. The second kappa shape index (κ2) is 7.41. The van der Waals surface area contributed by atoms with Crippen LogP contribution in [0.25, 0.3) is 0 Å². The van der Waals surface area contributed by atoms with Crippen LogP contribution in [0.3, 0.4) is 0 Å². The maximum Gasteiger partial charge on any atom is 0.322 e. The molecule has 2 aromatic carbocycles. The van der Waals surface area contributed by atoms with E-state index in [2.05, 4.69) is 10.6 Å². The van der Waals surface area contributed by atoms with Gasteiger partial charge in [-0.25, -0.2) is 0 Å². The van der Waals surface area contributed by atoms with Crippen LogP contribution in [0.5, 0.6) is 0 Å². The Morgan fingerprint density at radius 1 is 0.875 bits per heavy atom. The van der Waals surface area contributed by atoms with Crippen LogP contribution >= 0.6 is 0 Å². The number of rotatable bonds is 5. The van der Waals surface area contributed by atoms with Crippen molar-refractivity contribution in [3.63, 3.8) is 0 Å². The number of hydrogen-bond acceptors (Lipinski definition) is 3. The fourth-order valence-corrected chi connectivity index (χ4v) is 2.05. The summed E-state index contributed by atoms with van der Waals surface area (Å²) in [4.78, 5) is 34.4. The average Bonchev–Trinajstić information content (AvgIpc) is 2.55. The van der Waals surface area contributed by atoms with Gasteiger partial charge in [-0.15, -0.1) is 0 Å². The number of amides is 2.